The normalized spacial score (nSPS) is 14.0. The van der Waals surface area contributed by atoms with Crippen molar-refractivity contribution < 1.29 is 9.84 Å². The van der Waals surface area contributed by atoms with Crippen molar-refractivity contribution >= 4 is 47.0 Å². The maximum absolute atomic E-state index is 10.4. The van der Waals surface area contributed by atoms with Gasteiger partial charge in [0.2, 0.25) is 0 Å². The molecule has 7 heteroatoms. The third-order valence-corrected chi connectivity index (χ3v) is 4.23. The Morgan fingerprint density at radius 1 is 1.33 bits per heavy atom. The Labute approximate surface area is 164 Å². The second-order valence-corrected chi connectivity index (χ2v) is 6.72. The van der Waals surface area contributed by atoms with Gasteiger partial charge in [0.25, 0.3) is 0 Å². The quantitative estimate of drug-likeness (QED) is 0.348. The van der Waals surface area contributed by atoms with Crippen molar-refractivity contribution in [3.8, 4) is 5.75 Å². The first-order valence-corrected chi connectivity index (χ1v) is 8.35. The van der Waals surface area contributed by atoms with E-state index in [4.69, 9.17) is 10.5 Å². The third kappa shape index (κ3) is 6.29. The van der Waals surface area contributed by atoms with Crippen LogP contribution in [0.3, 0.4) is 0 Å². The largest absolute Gasteiger partial charge is 0.491 e. The number of thiophene rings is 1. The monoisotopic (exact) mass is 461 g/mol. The number of halogens is 1. The van der Waals surface area contributed by atoms with Crippen LogP contribution in [0.15, 0.2) is 46.8 Å². The number of nitrogens with zero attached hydrogens (tertiary/aromatic N) is 1. The van der Waals surface area contributed by atoms with E-state index in [9.17, 15) is 5.11 Å². The van der Waals surface area contributed by atoms with Gasteiger partial charge in [-0.2, -0.15) is 0 Å². The highest BCUT2D eigenvalue weighted by molar-refractivity contribution is 14.0. The summed E-state index contributed by atoms with van der Waals surface area (Å²) in [5, 5.41) is 15.3. The van der Waals surface area contributed by atoms with Crippen molar-refractivity contribution in [1.29, 1.82) is 0 Å². The number of aliphatic imine (C=N–C) groups is 1. The molecule has 1 aromatic heterocycles. The Bertz CT molecular complexity index is 640. The summed E-state index contributed by atoms with van der Waals surface area (Å²) >= 11 is 1.50. The van der Waals surface area contributed by atoms with Crippen LogP contribution in [0.4, 0.5) is 5.69 Å². The molecule has 0 saturated carbocycles. The molecule has 2 aromatic rings. The van der Waals surface area contributed by atoms with E-state index in [0.717, 1.165) is 16.3 Å². The molecule has 0 bridgehead atoms. The van der Waals surface area contributed by atoms with Crippen molar-refractivity contribution in [3.05, 3.63) is 46.7 Å². The number of rotatable bonds is 6. The maximum atomic E-state index is 10.4. The van der Waals surface area contributed by atoms with Gasteiger partial charge in [0.15, 0.2) is 5.96 Å². The predicted octanol–water partition coefficient (Wildman–Crippen LogP) is 3.79. The fraction of sp³-hybridized carbons (Fsp3) is 0.353. The van der Waals surface area contributed by atoms with E-state index in [1.165, 1.54) is 11.3 Å². The van der Waals surface area contributed by atoms with E-state index >= 15 is 0 Å². The average molecular weight is 461 g/mol. The number of hydrogen-bond donors (Lipinski definition) is 3. The molecular weight excluding hydrogens is 437 g/mol. The van der Waals surface area contributed by atoms with Crippen LogP contribution >= 0.6 is 35.3 Å². The molecule has 0 aliphatic rings. The van der Waals surface area contributed by atoms with Crippen molar-refractivity contribution in [1.82, 2.24) is 0 Å². The Morgan fingerprint density at radius 3 is 2.54 bits per heavy atom. The minimum absolute atomic E-state index is 0. The molecule has 24 heavy (non-hydrogen) atoms. The standard InChI is InChI=1S/C17H23N3O2S.HI/c1-12(2)22-14-8-6-13(7-9-14)20-16(18)19-11-17(3,21)15-5-4-10-23-15;/h4-10,12,21H,11H2,1-3H3,(H3,18,19,20);1H. The van der Waals surface area contributed by atoms with Crippen LogP contribution in [0.5, 0.6) is 5.75 Å². The summed E-state index contributed by atoms with van der Waals surface area (Å²) in [7, 11) is 0. The topological polar surface area (TPSA) is 79.9 Å². The second-order valence-electron chi connectivity index (χ2n) is 5.77. The van der Waals surface area contributed by atoms with Gasteiger partial charge in [-0.3, -0.25) is 0 Å². The first-order chi connectivity index (χ1) is 10.9. The molecule has 0 saturated heterocycles. The van der Waals surface area contributed by atoms with Crippen LogP contribution in [0, 0.1) is 0 Å². The molecular formula is C17H24IN3O2S. The zero-order valence-electron chi connectivity index (χ0n) is 14.0. The minimum Gasteiger partial charge on any atom is -0.491 e. The maximum Gasteiger partial charge on any atom is 0.193 e. The Morgan fingerprint density at radius 2 is 2.00 bits per heavy atom. The summed E-state index contributed by atoms with van der Waals surface area (Å²) in [5.74, 6) is 1.07. The fourth-order valence-electron chi connectivity index (χ4n) is 1.98. The molecule has 0 aliphatic heterocycles. The second kappa shape index (κ2) is 9.24. The summed E-state index contributed by atoms with van der Waals surface area (Å²) in [5.41, 5.74) is 5.68. The average Bonchev–Trinajstić information content (AvgIpc) is 3.02. The number of aliphatic hydroxyl groups is 1. The van der Waals surface area contributed by atoms with Gasteiger partial charge in [0.1, 0.15) is 11.4 Å². The molecule has 0 spiro atoms. The molecule has 4 N–H and O–H groups in total. The van der Waals surface area contributed by atoms with Gasteiger partial charge in [-0.25, -0.2) is 4.99 Å². The Hall–Kier alpha value is -1.32. The van der Waals surface area contributed by atoms with Gasteiger partial charge in [0.05, 0.1) is 12.6 Å². The number of nitrogens with one attached hydrogen (secondary N) is 1. The van der Waals surface area contributed by atoms with Crippen molar-refractivity contribution in [2.75, 3.05) is 11.9 Å². The molecule has 0 radical (unpaired) electrons. The number of benzene rings is 1. The van der Waals surface area contributed by atoms with Crippen molar-refractivity contribution in [2.45, 2.75) is 32.5 Å². The van der Waals surface area contributed by atoms with Crippen LogP contribution in [0.1, 0.15) is 25.6 Å². The van der Waals surface area contributed by atoms with E-state index in [0.29, 0.717) is 0 Å². The van der Waals surface area contributed by atoms with Crippen LogP contribution < -0.4 is 15.8 Å². The van der Waals surface area contributed by atoms with Crippen LogP contribution in [0.25, 0.3) is 0 Å². The summed E-state index contributed by atoms with van der Waals surface area (Å²) in [6, 6.07) is 11.3. The van der Waals surface area contributed by atoms with Crippen LogP contribution in [0.2, 0.25) is 0 Å². The molecule has 1 unspecified atom stereocenters. The van der Waals surface area contributed by atoms with Crippen molar-refractivity contribution in [3.63, 3.8) is 0 Å². The SMILES string of the molecule is CC(C)Oc1ccc(NC(N)=NCC(C)(O)c2cccs2)cc1.I. The molecule has 0 fully saturated rings. The zero-order chi connectivity index (χ0) is 16.9. The van der Waals surface area contributed by atoms with E-state index in [-0.39, 0.29) is 42.6 Å². The summed E-state index contributed by atoms with van der Waals surface area (Å²) in [6.45, 7) is 5.89. The molecule has 0 aliphatic carbocycles. The number of anilines is 1. The number of guanidine groups is 1. The molecule has 1 aromatic carbocycles. The number of ether oxygens (including phenoxy) is 1. The number of nitrogens with two attached hydrogens (primary N) is 1. The van der Waals surface area contributed by atoms with Gasteiger partial charge in [-0.15, -0.1) is 35.3 Å². The lowest BCUT2D eigenvalue weighted by atomic mass is 10.1. The Kier molecular flexibility index (Phi) is 7.98. The summed E-state index contributed by atoms with van der Waals surface area (Å²) < 4.78 is 5.59. The molecule has 1 atom stereocenters. The first kappa shape index (κ1) is 20.7. The highest BCUT2D eigenvalue weighted by atomic mass is 127. The zero-order valence-corrected chi connectivity index (χ0v) is 17.2. The van der Waals surface area contributed by atoms with E-state index in [1.807, 2.05) is 55.6 Å². The molecule has 132 valence electrons. The molecule has 2 rings (SSSR count). The lowest BCUT2D eigenvalue weighted by Crippen LogP contribution is -2.29. The highest BCUT2D eigenvalue weighted by Crippen LogP contribution is 2.25. The summed E-state index contributed by atoms with van der Waals surface area (Å²) in [6.07, 6.45) is 0.139. The van der Waals surface area contributed by atoms with Gasteiger partial charge in [-0.1, -0.05) is 6.07 Å². The first-order valence-electron chi connectivity index (χ1n) is 7.47. The molecule has 0 amide bonds. The highest BCUT2D eigenvalue weighted by Gasteiger charge is 2.23. The summed E-state index contributed by atoms with van der Waals surface area (Å²) in [4.78, 5) is 5.09. The van der Waals surface area contributed by atoms with E-state index in [2.05, 4.69) is 10.3 Å². The van der Waals surface area contributed by atoms with Crippen molar-refractivity contribution in [2.24, 2.45) is 10.7 Å². The van der Waals surface area contributed by atoms with E-state index < -0.39 is 5.60 Å². The minimum atomic E-state index is -1.02. The smallest absolute Gasteiger partial charge is 0.193 e. The van der Waals surface area contributed by atoms with Gasteiger partial charge < -0.3 is 20.9 Å². The lowest BCUT2D eigenvalue weighted by Gasteiger charge is -2.19. The third-order valence-electron chi connectivity index (χ3n) is 3.11. The van der Waals surface area contributed by atoms with Gasteiger partial charge in [0, 0.05) is 10.6 Å². The van der Waals surface area contributed by atoms with Gasteiger partial charge >= 0.3 is 0 Å². The number of hydrogen-bond acceptors (Lipinski definition) is 4. The molecule has 5 nitrogen and oxygen atoms in total. The van der Waals surface area contributed by atoms with Gasteiger partial charge in [-0.05, 0) is 56.5 Å². The van der Waals surface area contributed by atoms with E-state index in [1.54, 1.807) is 6.92 Å². The van der Waals surface area contributed by atoms with Crippen LogP contribution in [-0.4, -0.2) is 23.7 Å². The predicted molar refractivity (Wildman–Crippen MR) is 112 cm³/mol. The molecule has 1 heterocycles. The Balaban J connectivity index is 0.00000288. The fourth-order valence-corrected chi connectivity index (χ4v) is 2.76. The lowest BCUT2D eigenvalue weighted by molar-refractivity contribution is 0.0713. The van der Waals surface area contributed by atoms with Crippen LogP contribution in [-0.2, 0) is 5.60 Å².